The highest BCUT2D eigenvalue weighted by atomic mass is 35.5. The van der Waals surface area contributed by atoms with Gasteiger partial charge in [0.1, 0.15) is 0 Å². The van der Waals surface area contributed by atoms with Gasteiger partial charge in [0.2, 0.25) is 0 Å². The van der Waals surface area contributed by atoms with E-state index in [4.69, 9.17) is 11.6 Å². The van der Waals surface area contributed by atoms with Crippen molar-refractivity contribution >= 4 is 11.6 Å². The van der Waals surface area contributed by atoms with Gasteiger partial charge in [0, 0.05) is 10.4 Å². The molecule has 0 spiro atoms. The van der Waals surface area contributed by atoms with E-state index in [2.05, 4.69) is 5.32 Å². The third-order valence-electron chi connectivity index (χ3n) is 3.27. The molecule has 0 atom stereocenters. The quantitative estimate of drug-likeness (QED) is 0.819. The minimum Gasteiger partial charge on any atom is -0.317 e. The zero-order valence-electron chi connectivity index (χ0n) is 8.60. The van der Waals surface area contributed by atoms with E-state index in [1.807, 2.05) is 24.3 Å². The predicted molar refractivity (Wildman–Crippen MR) is 61.2 cm³/mol. The maximum atomic E-state index is 13.3. The second kappa shape index (κ2) is 4.50. The number of hydrogen-bond acceptors (Lipinski definition) is 1. The van der Waals surface area contributed by atoms with Gasteiger partial charge < -0.3 is 5.32 Å². The van der Waals surface area contributed by atoms with Gasteiger partial charge in [-0.1, -0.05) is 23.7 Å². The van der Waals surface area contributed by atoms with Crippen LogP contribution in [0.2, 0.25) is 5.02 Å². The van der Waals surface area contributed by atoms with E-state index in [-0.39, 0.29) is 12.1 Å². The molecule has 15 heavy (non-hydrogen) atoms. The number of alkyl halides is 1. The van der Waals surface area contributed by atoms with Crippen LogP contribution in [0.1, 0.15) is 18.4 Å². The average Bonchev–Trinajstić information content (AvgIpc) is 2.31. The highest BCUT2D eigenvalue weighted by Gasteiger charge is 2.33. The molecule has 2 rings (SSSR count). The maximum absolute atomic E-state index is 13.3. The molecule has 1 nitrogen and oxygen atoms in total. The third-order valence-corrected chi connectivity index (χ3v) is 3.53. The van der Waals surface area contributed by atoms with Crippen molar-refractivity contribution in [2.75, 3.05) is 19.8 Å². The molecule has 0 saturated carbocycles. The van der Waals surface area contributed by atoms with Crippen LogP contribution in [0.4, 0.5) is 4.39 Å². The first kappa shape index (κ1) is 10.9. The molecule has 82 valence electrons. The van der Waals surface area contributed by atoms with E-state index in [1.165, 1.54) is 0 Å². The summed E-state index contributed by atoms with van der Waals surface area (Å²) in [5.41, 5.74) is 0.798. The molecule has 0 radical (unpaired) electrons. The molecular formula is C12H15ClFN. The minimum absolute atomic E-state index is 0.281. The summed E-state index contributed by atoms with van der Waals surface area (Å²) >= 11 is 5.83. The van der Waals surface area contributed by atoms with Gasteiger partial charge in [-0.2, -0.15) is 0 Å². The molecule has 0 aliphatic carbocycles. The van der Waals surface area contributed by atoms with Crippen LogP contribution in [0.25, 0.3) is 0 Å². The van der Waals surface area contributed by atoms with Gasteiger partial charge in [-0.25, -0.2) is 0 Å². The summed E-state index contributed by atoms with van der Waals surface area (Å²) in [4.78, 5) is 0. The van der Waals surface area contributed by atoms with Crippen molar-refractivity contribution in [2.24, 2.45) is 0 Å². The molecule has 0 unspecified atom stereocenters. The van der Waals surface area contributed by atoms with Crippen LogP contribution in [0, 0.1) is 0 Å². The summed E-state index contributed by atoms with van der Waals surface area (Å²) in [5.74, 6) is 0. The Balaban J connectivity index is 2.28. The summed E-state index contributed by atoms with van der Waals surface area (Å²) in [6.45, 7) is 1.51. The summed E-state index contributed by atoms with van der Waals surface area (Å²) in [6.07, 6.45) is 1.73. The second-order valence-electron chi connectivity index (χ2n) is 4.17. The molecule has 1 aliphatic rings. The maximum Gasteiger partial charge on any atom is 0.0991 e. The Hall–Kier alpha value is -0.600. The zero-order valence-corrected chi connectivity index (χ0v) is 9.36. The Morgan fingerprint density at radius 3 is 2.33 bits per heavy atom. The average molecular weight is 228 g/mol. The number of benzene rings is 1. The predicted octanol–water partition coefficient (Wildman–Crippen LogP) is 2.93. The Morgan fingerprint density at radius 2 is 1.80 bits per heavy atom. The lowest BCUT2D eigenvalue weighted by Crippen LogP contribution is -2.41. The van der Waals surface area contributed by atoms with Crippen molar-refractivity contribution in [3.63, 3.8) is 0 Å². The van der Waals surface area contributed by atoms with Crippen molar-refractivity contribution in [3.8, 4) is 0 Å². The fraction of sp³-hybridized carbons (Fsp3) is 0.500. The van der Waals surface area contributed by atoms with E-state index < -0.39 is 0 Å². The van der Waals surface area contributed by atoms with Gasteiger partial charge in [-0.3, -0.25) is 4.39 Å². The van der Waals surface area contributed by atoms with Gasteiger partial charge in [-0.05, 0) is 43.6 Å². The minimum atomic E-state index is -0.282. The highest BCUT2D eigenvalue weighted by Crippen LogP contribution is 2.34. The van der Waals surface area contributed by atoms with Gasteiger partial charge in [0.25, 0.3) is 0 Å². The second-order valence-corrected chi connectivity index (χ2v) is 4.61. The molecule has 1 aromatic carbocycles. The molecule has 0 bridgehead atoms. The van der Waals surface area contributed by atoms with Crippen molar-refractivity contribution < 1.29 is 4.39 Å². The van der Waals surface area contributed by atoms with Crippen LogP contribution in [0.5, 0.6) is 0 Å². The van der Waals surface area contributed by atoms with Crippen molar-refractivity contribution in [1.82, 2.24) is 5.32 Å². The van der Waals surface area contributed by atoms with Gasteiger partial charge in [0.05, 0.1) is 6.67 Å². The fourth-order valence-corrected chi connectivity index (χ4v) is 2.33. The Kier molecular flexibility index (Phi) is 3.27. The normalized spacial score (nSPS) is 20.1. The van der Waals surface area contributed by atoms with Crippen molar-refractivity contribution in [2.45, 2.75) is 18.3 Å². The van der Waals surface area contributed by atoms with Gasteiger partial charge in [0.15, 0.2) is 0 Å². The zero-order chi connectivity index (χ0) is 10.7. The number of nitrogens with one attached hydrogen (secondary N) is 1. The van der Waals surface area contributed by atoms with E-state index in [1.54, 1.807) is 0 Å². The summed E-state index contributed by atoms with van der Waals surface area (Å²) < 4.78 is 13.3. The van der Waals surface area contributed by atoms with Crippen molar-refractivity contribution in [1.29, 1.82) is 0 Å². The molecule has 0 amide bonds. The Bertz CT molecular complexity index is 317. The molecule has 1 heterocycles. The lowest BCUT2D eigenvalue weighted by molar-refractivity contribution is 0.237. The largest absolute Gasteiger partial charge is 0.317 e. The van der Waals surface area contributed by atoms with Gasteiger partial charge >= 0.3 is 0 Å². The van der Waals surface area contributed by atoms with E-state index in [0.29, 0.717) is 5.02 Å². The molecule has 1 N–H and O–H groups in total. The molecule has 1 aliphatic heterocycles. The van der Waals surface area contributed by atoms with E-state index >= 15 is 0 Å². The number of piperidine rings is 1. The van der Waals surface area contributed by atoms with Crippen LogP contribution >= 0.6 is 11.6 Å². The fourth-order valence-electron chi connectivity index (χ4n) is 2.21. The first-order valence-electron chi connectivity index (χ1n) is 5.30. The van der Waals surface area contributed by atoms with Crippen LogP contribution in [-0.2, 0) is 5.41 Å². The first-order valence-corrected chi connectivity index (χ1v) is 5.67. The standard InChI is InChI=1S/C12H15ClFN/c13-11-3-1-10(2-4-11)12(9-14)5-7-15-8-6-12/h1-4,15H,5-9H2. The van der Waals surface area contributed by atoms with E-state index in [0.717, 1.165) is 31.5 Å². The lowest BCUT2D eigenvalue weighted by Gasteiger charge is -2.35. The van der Waals surface area contributed by atoms with Crippen LogP contribution in [0.15, 0.2) is 24.3 Å². The summed E-state index contributed by atoms with van der Waals surface area (Å²) in [6, 6.07) is 7.59. The number of hydrogen-bond donors (Lipinski definition) is 1. The third kappa shape index (κ3) is 2.16. The molecule has 0 aromatic heterocycles. The van der Waals surface area contributed by atoms with Crippen LogP contribution < -0.4 is 5.32 Å². The Labute approximate surface area is 94.6 Å². The van der Waals surface area contributed by atoms with Crippen LogP contribution in [0.3, 0.4) is 0 Å². The lowest BCUT2D eigenvalue weighted by atomic mass is 9.74. The summed E-state index contributed by atoms with van der Waals surface area (Å²) in [7, 11) is 0. The van der Waals surface area contributed by atoms with E-state index in [9.17, 15) is 4.39 Å². The molecule has 1 aromatic rings. The monoisotopic (exact) mass is 227 g/mol. The van der Waals surface area contributed by atoms with Crippen molar-refractivity contribution in [3.05, 3.63) is 34.9 Å². The molecule has 1 fully saturated rings. The molecule has 3 heteroatoms. The summed E-state index contributed by atoms with van der Waals surface area (Å²) in [5, 5.41) is 3.97. The molecule has 1 saturated heterocycles. The topological polar surface area (TPSA) is 12.0 Å². The Morgan fingerprint density at radius 1 is 1.20 bits per heavy atom. The number of rotatable bonds is 2. The SMILES string of the molecule is FCC1(c2ccc(Cl)cc2)CCNCC1. The smallest absolute Gasteiger partial charge is 0.0991 e. The number of halogens is 2. The van der Waals surface area contributed by atoms with Crippen LogP contribution in [-0.4, -0.2) is 19.8 Å². The first-order chi connectivity index (χ1) is 7.27. The molecular weight excluding hydrogens is 213 g/mol. The highest BCUT2D eigenvalue weighted by molar-refractivity contribution is 6.30. The van der Waals surface area contributed by atoms with Gasteiger partial charge in [-0.15, -0.1) is 0 Å².